The van der Waals surface area contributed by atoms with E-state index in [0.717, 1.165) is 19.3 Å². The first kappa shape index (κ1) is 19.9. The first-order chi connectivity index (χ1) is 14.4. The monoisotopic (exact) mass is 408 g/mol. The zero-order chi connectivity index (χ0) is 21.3. The summed E-state index contributed by atoms with van der Waals surface area (Å²) >= 11 is 0. The molecule has 0 fully saturated rings. The second-order valence-electron chi connectivity index (χ2n) is 7.99. The van der Waals surface area contributed by atoms with Gasteiger partial charge in [0.25, 0.3) is 5.91 Å². The van der Waals surface area contributed by atoms with Crippen molar-refractivity contribution in [2.24, 2.45) is 0 Å². The van der Waals surface area contributed by atoms with Gasteiger partial charge in [0.1, 0.15) is 11.3 Å². The van der Waals surface area contributed by atoms with Gasteiger partial charge in [-0.15, -0.1) is 0 Å². The number of fused-ring (bicyclic) bond motifs is 2. The Labute approximate surface area is 175 Å². The van der Waals surface area contributed by atoms with E-state index in [1.54, 1.807) is 38.1 Å². The minimum Gasteiger partial charge on any atom is -0.482 e. The van der Waals surface area contributed by atoms with Crippen molar-refractivity contribution in [2.45, 2.75) is 38.6 Å². The molecule has 0 spiro atoms. The van der Waals surface area contributed by atoms with Crippen LogP contribution in [0.15, 0.2) is 42.5 Å². The smallest absolute Gasteiger partial charge is 0.344 e. The average molecular weight is 408 g/mol. The summed E-state index contributed by atoms with van der Waals surface area (Å²) in [6.07, 6.45) is 3.23. The zero-order valence-corrected chi connectivity index (χ0v) is 17.1. The summed E-state index contributed by atoms with van der Waals surface area (Å²) in [5.41, 5.74) is 2.57. The van der Waals surface area contributed by atoms with Gasteiger partial charge in [-0.05, 0) is 68.5 Å². The first-order valence-electron chi connectivity index (χ1n) is 10.00. The van der Waals surface area contributed by atoms with E-state index in [-0.39, 0.29) is 12.5 Å². The second-order valence-corrected chi connectivity index (χ2v) is 7.99. The van der Waals surface area contributed by atoms with Gasteiger partial charge in [-0.3, -0.25) is 14.5 Å². The van der Waals surface area contributed by atoms with Crippen LogP contribution in [0.5, 0.6) is 5.75 Å². The van der Waals surface area contributed by atoms with Crippen LogP contribution >= 0.6 is 0 Å². The van der Waals surface area contributed by atoms with E-state index in [4.69, 9.17) is 9.47 Å². The maximum atomic E-state index is 12.9. The number of carbonyl (C=O) groups is 3. The quantitative estimate of drug-likeness (QED) is 0.769. The molecule has 2 aromatic rings. The molecule has 30 heavy (non-hydrogen) atoms. The van der Waals surface area contributed by atoms with Crippen LogP contribution in [0.25, 0.3) is 0 Å². The van der Waals surface area contributed by atoms with Crippen LogP contribution in [0.3, 0.4) is 0 Å². The molecule has 7 heteroatoms. The molecule has 0 saturated heterocycles. The molecule has 1 aliphatic carbocycles. The number of anilines is 2. The number of hydrogen-bond acceptors (Lipinski definition) is 5. The highest BCUT2D eigenvalue weighted by Gasteiger charge is 2.43. The van der Waals surface area contributed by atoms with Gasteiger partial charge in [0.2, 0.25) is 5.91 Å². The number of ether oxygens (including phenoxy) is 2. The Bertz CT molecular complexity index is 1010. The Balaban J connectivity index is 1.37. The first-order valence-corrected chi connectivity index (χ1v) is 10.00. The molecule has 4 rings (SSSR count). The largest absolute Gasteiger partial charge is 0.482 e. The predicted molar refractivity (Wildman–Crippen MR) is 112 cm³/mol. The summed E-state index contributed by atoms with van der Waals surface area (Å²) < 4.78 is 10.6. The molecular weight excluding hydrogens is 384 g/mol. The van der Waals surface area contributed by atoms with Crippen molar-refractivity contribution in [1.29, 1.82) is 0 Å². The molecule has 1 aliphatic heterocycles. The van der Waals surface area contributed by atoms with Gasteiger partial charge in [0, 0.05) is 0 Å². The summed E-state index contributed by atoms with van der Waals surface area (Å²) in [6.45, 7) is 2.54. The van der Waals surface area contributed by atoms with Crippen LogP contribution in [0.1, 0.15) is 31.4 Å². The summed E-state index contributed by atoms with van der Waals surface area (Å²) in [6, 6.07) is 12.8. The van der Waals surface area contributed by atoms with Crippen molar-refractivity contribution in [1.82, 2.24) is 0 Å². The highest BCUT2D eigenvalue weighted by atomic mass is 16.6. The lowest BCUT2D eigenvalue weighted by Crippen LogP contribution is -2.59. The fourth-order valence-corrected chi connectivity index (χ4v) is 3.93. The summed E-state index contributed by atoms with van der Waals surface area (Å²) in [4.78, 5) is 38.8. The summed E-state index contributed by atoms with van der Waals surface area (Å²) in [5, 5.41) is 2.80. The van der Waals surface area contributed by atoms with Gasteiger partial charge in [0.15, 0.2) is 13.2 Å². The molecule has 0 saturated carbocycles. The number of para-hydroxylation sites is 2. The number of carbonyl (C=O) groups excluding carboxylic acids is 3. The molecule has 156 valence electrons. The Kier molecular flexibility index (Phi) is 5.20. The Morgan fingerprint density at radius 1 is 1.07 bits per heavy atom. The molecule has 2 aromatic carbocycles. The maximum Gasteiger partial charge on any atom is 0.344 e. The number of hydrogen-bond donors (Lipinski definition) is 1. The van der Waals surface area contributed by atoms with Crippen LogP contribution in [0.2, 0.25) is 0 Å². The van der Waals surface area contributed by atoms with Gasteiger partial charge >= 0.3 is 5.97 Å². The summed E-state index contributed by atoms with van der Waals surface area (Å²) in [5.74, 6) is -0.813. The highest BCUT2D eigenvalue weighted by molar-refractivity contribution is 6.14. The van der Waals surface area contributed by atoms with Gasteiger partial charge in [0.05, 0.1) is 11.4 Å². The highest BCUT2D eigenvalue weighted by Crippen LogP contribution is 2.36. The lowest BCUT2D eigenvalue weighted by molar-refractivity contribution is -0.150. The number of nitrogens with zero attached hydrogens (tertiary/aromatic N) is 1. The lowest BCUT2D eigenvalue weighted by atomic mass is 9.96. The molecule has 0 radical (unpaired) electrons. The van der Waals surface area contributed by atoms with E-state index in [0.29, 0.717) is 17.1 Å². The van der Waals surface area contributed by atoms with E-state index in [1.807, 2.05) is 18.2 Å². The van der Waals surface area contributed by atoms with E-state index >= 15 is 0 Å². The molecule has 2 amide bonds. The number of benzene rings is 2. The zero-order valence-electron chi connectivity index (χ0n) is 17.1. The van der Waals surface area contributed by atoms with Gasteiger partial charge in [-0.1, -0.05) is 18.2 Å². The Morgan fingerprint density at radius 3 is 2.67 bits per heavy atom. The third-order valence-corrected chi connectivity index (χ3v) is 5.54. The SMILES string of the molecule is CC1(C)C(=O)Nc2ccccc2N1C(=O)COC(=O)COc1ccc2c(c1)CCC2. The summed E-state index contributed by atoms with van der Waals surface area (Å²) in [7, 11) is 0. The molecule has 0 aromatic heterocycles. The number of rotatable bonds is 5. The van der Waals surface area contributed by atoms with Gasteiger partial charge < -0.3 is 14.8 Å². The molecule has 2 aliphatic rings. The van der Waals surface area contributed by atoms with Crippen LogP contribution < -0.4 is 15.0 Å². The minimum absolute atomic E-state index is 0.285. The number of amides is 2. The number of aryl methyl sites for hydroxylation is 2. The van der Waals surface area contributed by atoms with Gasteiger partial charge in [-0.2, -0.15) is 0 Å². The number of esters is 1. The van der Waals surface area contributed by atoms with Crippen LogP contribution in [-0.2, 0) is 32.0 Å². The molecule has 0 atom stereocenters. The second kappa shape index (κ2) is 7.82. The van der Waals surface area contributed by atoms with Crippen molar-refractivity contribution < 1.29 is 23.9 Å². The van der Waals surface area contributed by atoms with Crippen LogP contribution in [-0.4, -0.2) is 36.5 Å². The number of nitrogens with one attached hydrogen (secondary N) is 1. The Hall–Kier alpha value is -3.35. The van der Waals surface area contributed by atoms with E-state index < -0.39 is 24.0 Å². The third-order valence-electron chi connectivity index (χ3n) is 5.54. The lowest BCUT2D eigenvalue weighted by Gasteiger charge is -2.41. The predicted octanol–water partition coefficient (Wildman–Crippen LogP) is 2.86. The molecule has 7 nitrogen and oxygen atoms in total. The van der Waals surface area contributed by atoms with Crippen molar-refractivity contribution in [3.05, 3.63) is 53.6 Å². The third kappa shape index (κ3) is 3.75. The molecule has 1 N–H and O–H groups in total. The van der Waals surface area contributed by atoms with Crippen molar-refractivity contribution in [2.75, 3.05) is 23.4 Å². The van der Waals surface area contributed by atoms with E-state index in [1.165, 1.54) is 16.0 Å². The average Bonchev–Trinajstić information content (AvgIpc) is 3.19. The molecule has 0 unspecified atom stereocenters. The van der Waals surface area contributed by atoms with Gasteiger partial charge in [-0.25, -0.2) is 4.79 Å². The molecule has 1 heterocycles. The van der Waals surface area contributed by atoms with Crippen LogP contribution in [0, 0.1) is 0 Å². The maximum absolute atomic E-state index is 12.9. The Morgan fingerprint density at radius 2 is 1.83 bits per heavy atom. The van der Waals surface area contributed by atoms with E-state index in [2.05, 4.69) is 5.32 Å². The van der Waals surface area contributed by atoms with Crippen molar-refractivity contribution >= 4 is 29.2 Å². The normalized spacial score (nSPS) is 16.3. The van der Waals surface area contributed by atoms with Crippen molar-refractivity contribution in [3.8, 4) is 5.75 Å². The fraction of sp³-hybridized carbons (Fsp3) is 0.348. The minimum atomic E-state index is -1.11. The molecular formula is C23H24N2O5. The van der Waals surface area contributed by atoms with Crippen molar-refractivity contribution in [3.63, 3.8) is 0 Å². The fourth-order valence-electron chi connectivity index (χ4n) is 3.93. The molecule has 0 bridgehead atoms. The van der Waals surface area contributed by atoms with E-state index in [9.17, 15) is 14.4 Å². The topological polar surface area (TPSA) is 84.9 Å². The van der Waals surface area contributed by atoms with Crippen LogP contribution in [0.4, 0.5) is 11.4 Å². The standard InChI is InChI=1S/C23H24N2O5/c1-23(2)22(28)24-18-8-3-4-9-19(18)25(23)20(26)13-30-21(27)14-29-17-11-10-15-6-5-7-16(15)12-17/h3-4,8-12H,5-7,13-14H2,1-2H3,(H,24,28).